The molecule has 8 nitrogen and oxygen atoms in total. The molecule has 0 amide bonds. The SMILES string of the molecule is CC(C)OP(=O)(OC(C)C)c1cnc(-c2n[nH]c3cccc(Cc4ccccc4F)c23)nc1N. The fraction of sp³-hybridized carbons (Fsp3) is 0.292. The molecule has 34 heavy (non-hydrogen) atoms. The van der Waals surface area contributed by atoms with Gasteiger partial charge in [0, 0.05) is 18.0 Å². The topological polar surface area (TPSA) is 116 Å². The van der Waals surface area contributed by atoms with Gasteiger partial charge in [-0.25, -0.2) is 14.4 Å². The number of rotatable bonds is 8. The monoisotopic (exact) mass is 483 g/mol. The molecular weight excluding hydrogens is 456 g/mol. The Morgan fingerprint density at radius 1 is 1.03 bits per heavy atom. The first kappa shape index (κ1) is 24.0. The van der Waals surface area contributed by atoms with Gasteiger partial charge in [-0.3, -0.25) is 9.66 Å². The summed E-state index contributed by atoms with van der Waals surface area (Å²) in [5.74, 6) is -0.0491. The molecule has 2 aromatic carbocycles. The first-order valence-electron chi connectivity index (χ1n) is 11.0. The quantitative estimate of drug-likeness (QED) is 0.339. The molecule has 10 heteroatoms. The molecule has 4 rings (SSSR count). The van der Waals surface area contributed by atoms with E-state index in [1.165, 1.54) is 12.3 Å². The maximum absolute atomic E-state index is 14.3. The van der Waals surface area contributed by atoms with Crippen LogP contribution in [0.5, 0.6) is 0 Å². The third kappa shape index (κ3) is 4.87. The fourth-order valence-electron chi connectivity index (χ4n) is 3.71. The number of aromatic amines is 1. The Morgan fingerprint density at radius 3 is 2.35 bits per heavy atom. The van der Waals surface area contributed by atoms with E-state index in [1.807, 2.05) is 18.2 Å². The predicted octanol–water partition coefficient (Wildman–Crippen LogP) is 5.00. The lowest BCUT2D eigenvalue weighted by Gasteiger charge is -2.23. The number of benzene rings is 2. The molecule has 0 aliphatic rings. The van der Waals surface area contributed by atoms with Gasteiger partial charge in [0.15, 0.2) is 5.82 Å². The van der Waals surface area contributed by atoms with Gasteiger partial charge in [-0.1, -0.05) is 30.3 Å². The summed E-state index contributed by atoms with van der Waals surface area (Å²) in [7, 11) is -3.75. The second-order valence-electron chi connectivity index (χ2n) is 8.45. The maximum atomic E-state index is 14.3. The minimum Gasteiger partial charge on any atom is -0.383 e. The van der Waals surface area contributed by atoms with Crippen molar-refractivity contribution in [2.75, 3.05) is 5.73 Å². The van der Waals surface area contributed by atoms with Crippen LogP contribution in [-0.4, -0.2) is 32.4 Å². The number of halogens is 1. The molecule has 0 saturated carbocycles. The number of anilines is 1. The van der Waals surface area contributed by atoms with Gasteiger partial charge in [0.25, 0.3) is 0 Å². The number of nitrogens with two attached hydrogens (primary N) is 1. The van der Waals surface area contributed by atoms with Crippen molar-refractivity contribution < 1.29 is 18.0 Å². The van der Waals surface area contributed by atoms with Crippen molar-refractivity contribution in [3.8, 4) is 11.5 Å². The van der Waals surface area contributed by atoms with Crippen molar-refractivity contribution >= 4 is 29.6 Å². The number of fused-ring (bicyclic) bond motifs is 1. The van der Waals surface area contributed by atoms with Gasteiger partial charge in [-0.05, 0) is 51.0 Å². The molecule has 0 fully saturated rings. The number of aromatic nitrogens is 4. The van der Waals surface area contributed by atoms with Crippen molar-refractivity contribution in [2.45, 2.75) is 46.3 Å². The molecule has 0 aliphatic heterocycles. The van der Waals surface area contributed by atoms with Crippen LogP contribution in [0.25, 0.3) is 22.4 Å². The summed E-state index contributed by atoms with van der Waals surface area (Å²) in [6.07, 6.45) is 1.01. The highest BCUT2D eigenvalue weighted by molar-refractivity contribution is 7.62. The highest BCUT2D eigenvalue weighted by atomic mass is 31.2. The second kappa shape index (κ2) is 9.62. The average Bonchev–Trinajstić information content (AvgIpc) is 3.19. The smallest absolute Gasteiger partial charge is 0.367 e. The van der Waals surface area contributed by atoms with Crippen LogP contribution in [0, 0.1) is 5.82 Å². The predicted molar refractivity (Wildman–Crippen MR) is 130 cm³/mol. The zero-order valence-corrected chi connectivity index (χ0v) is 20.3. The van der Waals surface area contributed by atoms with Crippen molar-refractivity contribution in [2.24, 2.45) is 0 Å². The van der Waals surface area contributed by atoms with Gasteiger partial charge in [-0.2, -0.15) is 5.10 Å². The fourth-order valence-corrected chi connectivity index (χ4v) is 5.63. The van der Waals surface area contributed by atoms with Gasteiger partial charge in [0.1, 0.15) is 22.6 Å². The zero-order valence-electron chi connectivity index (χ0n) is 19.4. The Balaban J connectivity index is 1.78. The Labute approximate surface area is 197 Å². The standard InChI is InChI=1S/C24H27FN5O3P/c1-14(2)32-34(31,33-15(3)4)20-13-27-24(28-23(20)26)22-21-17(9-7-11-19(21)29-30-22)12-16-8-5-6-10-18(16)25/h5-11,13-15H,12H2,1-4H3,(H,29,30)(H2,26,27,28). The van der Waals surface area contributed by atoms with Crippen LogP contribution in [0.1, 0.15) is 38.8 Å². The van der Waals surface area contributed by atoms with Crippen molar-refractivity contribution in [3.05, 3.63) is 65.6 Å². The molecule has 0 bridgehead atoms. The summed E-state index contributed by atoms with van der Waals surface area (Å²) in [6, 6.07) is 12.3. The Morgan fingerprint density at radius 2 is 1.71 bits per heavy atom. The highest BCUT2D eigenvalue weighted by Crippen LogP contribution is 2.50. The number of hydrogen-bond acceptors (Lipinski definition) is 7. The molecule has 3 N–H and O–H groups in total. The largest absolute Gasteiger partial charge is 0.383 e. The molecule has 0 unspecified atom stereocenters. The van der Waals surface area contributed by atoms with E-state index in [1.54, 1.807) is 45.9 Å². The van der Waals surface area contributed by atoms with Gasteiger partial charge in [0.2, 0.25) is 0 Å². The lowest BCUT2D eigenvalue weighted by Crippen LogP contribution is -2.21. The molecule has 178 valence electrons. The first-order chi connectivity index (χ1) is 16.2. The van der Waals surface area contributed by atoms with Crippen LogP contribution < -0.4 is 11.0 Å². The van der Waals surface area contributed by atoms with Crippen molar-refractivity contribution in [3.63, 3.8) is 0 Å². The van der Waals surface area contributed by atoms with E-state index in [0.29, 0.717) is 17.7 Å². The van der Waals surface area contributed by atoms with Crippen LogP contribution in [-0.2, 0) is 20.0 Å². The third-order valence-electron chi connectivity index (χ3n) is 5.02. The summed E-state index contributed by atoms with van der Waals surface area (Å²) in [5.41, 5.74) is 8.86. The summed E-state index contributed by atoms with van der Waals surface area (Å²) < 4.78 is 39.1. The Kier molecular flexibility index (Phi) is 6.79. The molecule has 0 radical (unpaired) electrons. The van der Waals surface area contributed by atoms with Crippen LogP contribution in [0.4, 0.5) is 10.2 Å². The average molecular weight is 483 g/mol. The van der Waals surface area contributed by atoms with Crippen LogP contribution in [0.3, 0.4) is 0 Å². The van der Waals surface area contributed by atoms with Crippen LogP contribution >= 0.6 is 7.60 Å². The lowest BCUT2D eigenvalue weighted by atomic mass is 9.99. The van der Waals surface area contributed by atoms with Gasteiger partial charge < -0.3 is 14.8 Å². The maximum Gasteiger partial charge on any atom is 0.367 e. The van der Waals surface area contributed by atoms with E-state index in [2.05, 4.69) is 20.2 Å². The number of nitrogen functional groups attached to an aromatic ring is 1. The molecule has 2 aromatic heterocycles. The van der Waals surface area contributed by atoms with E-state index in [4.69, 9.17) is 14.8 Å². The van der Waals surface area contributed by atoms with Crippen LogP contribution in [0.15, 0.2) is 48.7 Å². The minimum atomic E-state index is -3.75. The molecule has 0 saturated heterocycles. The van der Waals surface area contributed by atoms with E-state index in [0.717, 1.165) is 16.5 Å². The molecule has 0 atom stereocenters. The number of hydrogen-bond donors (Lipinski definition) is 2. The minimum absolute atomic E-state index is 0.0163. The molecule has 4 aromatic rings. The summed E-state index contributed by atoms with van der Waals surface area (Å²) in [5, 5.41) is 8.23. The lowest BCUT2D eigenvalue weighted by molar-refractivity contribution is 0.150. The molecule has 0 aliphatic carbocycles. The summed E-state index contributed by atoms with van der Waals surface area (Å²) >= 11 is 0. The summed E-state index contributed by atoms with van der Waals surface area (Å²) in [6.45, 7) is 7.03. The zero-order chi connectivity index (χ0) is 24.5. The van der Waals surface area contributed by atoms with Gasteiger partial charge >= 0.3 is 7.60 Å². The molecular formula is C24H27FN5O3P. The second-order valence-corrected chi connectivity index (χ2v) is 10.3. The van der Waals surface area contributed by atoms with E-state index in [-0.39, 0.29) is 35.0 Å². The van der Waals surface area contributed by atoms with Crippen molar-refractivity contribution in [1.29, 1.82) is 0 Å². The van der Waals surface area contributed by atoms with E-state index in [9.17, 15) is 8.96 Å². The number of nitrogens with zero attached hydrogens (tertiary/aromatic N) is 3. The first-order valence-corrected chi connectivity index (χ1v) is 12.5. The third-order valence-corrected chi connectivity index (χ3v) is 7.35. The van der Waals surface area contributed by atoms with E-state index >= 15 is 0 Å². The van der Waals surface area contributed by atoms with Gasteiger partial charge in [-0.15, -0.1) is 0 Å². The molecule has 2 heterocycles. The van der Waals surface area contributed by atoms with E-state index < -0.39 is 7.60 Å². The number of nitrogens with one attached hydrogen (secondary N) is 1. The number of H-pyrrole nitrogens is 1. The Bertz CT molecular complexity index is 1360. The molecule has 0 spiro atoms. The highest BCUT2D eigenvalue weighted by Gasteiger charge is 2.34. The van der Waals surface area contributed by atoms with Crippen molar-refractivity contribution in [1.82, 2.24) is 20.2 Å². The Hall–Kier alpha value is -3.13. The summed E-state index contributed by atoms with van der Waals surface area (Å²) in [4.78, 5) is 8.79. The van der Waals surface area contributed by atoms with Crippen LogP contribution in [0.2, 0.25) is 0 Å². The van der Waals surface area contributed by atoms with Gasteiger partial charge in [0.05, 0.1) is 17.7 Å². The normalized spacial score (nSPS) is 12.2.